The lowest BCUT2D eigenvalue weighted by Crippen LogP contribution is -2.47. The first kappa shape index (κ1) is 15.5. The number of halogens is 1. The summed E-state index contributed by atoms with van der Waals surface area (Å²) in [5.41, 5.74) is 0.440. The third-order valence-corrected chi connectivity index (χ3v) is 3.90. The normalized spacial score (nSPS) is 15.6. The number of aromatic nitrogens is 1. The van der Waals surface area contributed by atoms with Crippen LogP contribution in [-0.4, -0.2) is 55.7 Å². The van der Waals surface area contributed by atoms with Crippen LogP contribution in [-0.2, 0) is 9.53 Å². The molecule has 1 fully saturated rings. The number of hydrogen-bond donors (Lipinski definition) is 0. The van der Waals surface area contributed by atoms with Crippen molar-refractivity contribution in [2.45, 2.75) is 6.42 Å². The smallest absolute Gasteiger partial charge is 0.306 e. The minimum atomic E-state index is -0.191. The lowest BCUT2D eigenvalue weighted by Gasteiger charge is -2.35. The van der Waals surface area contributed by atoms with Crippen LogP contribution in [0.15, 0.2) is 12.3 Å². The number of methoxy groups -OCH3 is 1. The zero-order chi connectivity index (χ0) is 15.2. The van der Waals surface area contributed by atoms with Gasteiger partial charge in [-0.15, -0.1) is 0 Å². The summed E-state index contributed by atoms with van der Waals surface area (Å²) >= 11 is 6.20. The van der Waals surface area contributed by atoms with Crippen LogP contribution in [0.2, 0.25) is 5.02 Å². The Morgan fingerprint density at radius 2 is 2.19 bits per heavy atom. The van der Waals surface area contributed by atoms with E-state index in [0.29, 0.717) is 29.4 Å². The number of hydrogen-bond acceptors (Lipinski definition) is 6. The molecule has 7 heteroatoms. The maximum Gasteiger partial charge on any atom is 0.306 e. The molecule has 2 rings (SSSR count). The first-order chi connectivity index (χ1) is 10.2. The number of piperazine rings is 1. The molecule has 0 saturated carbocycles. The fourth-order valence-electron chi connectivity index (χ4n) is 2.27. The Kier molecular flexibility index (Phi) is 5.37. The molecule has 0 spiro atoms. The van der Waals surface area contributed by atoms with Gasteiger partial charge in [0.1, 0.15) is 16.9 Å². The number of carbonyl (C=O) groups excluding carboxylic acids is 1. The molecule has 21 heavy (non-hydrogen) atoms. The third kappa shape index (κ3) is 3.84. The molecule has 112 valence electrons. The van der Waals surface area contributed by atoms with Gasteiger partial charge in [0, 0.05) is 38.9 Å². The van der Waals surface area contributed by atoms with Gasteiger partial charge in [-0.3, -0.25) is 9.69 Å². The van der Waals surface area contributed by atoms with Crippen molar-refractivity contribution in [1.82, 2.24) is 9.88 Å². The van der Waals surface area contributed by atoms with Crippen molar-refractivity contribution in [3.05, 3.63) is 22.8 Å². The fourth-order valence-corrected chi connectivity index (χ4v) is 2.55. The molecule has 1 aromatic rings. The zero-order valence-corrected chi connectivity index (χ0v) is 12.6. The summed E-state index contributed by atoms with van der Waals surface area (Å²) in [4.78, 5) is 19.7. The second kappa shape index (κ2) is 7.25. The summed E-state index contributed by atoms with van der Waals surface area (Å²) in [6.07, 6.45) is 2.00. The van der Waals surface area contributed by atoms with Gasteiger partial charge in [0.15, 0.2) is 0 Å². The van der Waals surface area contributed by atoms with Gasteiger partial charge in [0.05, 0.1) is 19.1 Å². The van der Waals surface area contributed by atoms with Crippen LogP contribution in [0.5, 0.6) is 0 Å². The second-order valence-electron chi connectivity index (χ2n) is 4.76. The molecular formula is C14H17ClN4O2. The fraction of sp³-hybridized carbons (Fsp3) is 0.500. The highest BCUT2D eigenvalue weighted by Gasteiger charge is 2.21. The van der Waals surface area contributed by atoms with Gasteiger partial charge in [0.2, 0.25) is 0 Å². The predicted octanol–water partition coefficient (Wildman–Crippen LogP) is 1.29. The van der Waals surface area contributed by atoms with Gasteiger partial charge < -0.3 is 9.64 Å². The molecule has 0 N–H and O–H groups in total. The Morgan fingerprint density at radius 3 is 2.81 bits per heavy atom. The highest BCUT2D eigenvalue weighted by Crippen LogP contribution is 2.27. The summed E-state index contributed by atoms with van der Waals surface area (Å²) in [5, 5.41) is 9.40. The van der Waals surface area contributed by atoms with E-state index in [-0.39, 0.29) is 5.97 Å². The largest absolute Gasteiger partial charge is 0.469 e. The molecule has 1 saturated heterocycles. The van der Waals surface area contributed by atoms with Crippen LogP contribution in [0.3, 0.4) is 0 Å². The first-order valence-electron chi connectivity index (χ1n) is 6.74. The Morgan fingerprint density at radius 1 is 1.48 bits per heavy atom. The maximum absolute atomic E-state index is 11.1. The SMILES string of the molecule is COC(=O)CCN1CCN(c2nccc(C#N)c2Cl)CC1. The summed E-state index contributed by atoms with van der Waals surface area (Å²) in [7, 11) is 1.40. The average Bonchev–Trinajstić information content (AvgIpc) is 2.53. The number of esters is 1. The van der Waals surface area contributed by atoms with Crippen molar-refractivity contribution in [3.8, 4) is 6.07 Å². The highest BCUT2D eigenvalue weighted by molar-refractivity contribution is 6.34. The van der Waals surface area contributed by atoms with E-state index in [1.54, 1.807) is 12.3 Å². The number of nitrogens with zero attached hydrogens (tertiary/aromatic N) is 4. The summed E-state index contributed by atoms with van der Waals surface area (Å²) < 4.78 is 4.64. The minimum absolute atomic E-state index is 0.191. The molecule has 0 radical (unpaired) electrons. The topological polar surface area (TPSA) is 69.5 Å². The third-order valence-electron chi connectivity index (χ3n) is 3.52. The van der Waals surface area contributed by atoms with E-state index < -0.39 is 0 Å². The summed E-state index contributed by atoms with van der Waals surface area (Å²) in [6.45, 7) is 3.88. The van der Waals surface area contributed by atoms with Crippen LogP contribution in [0.1, 0.15) is 12.0 Å². The van der Waals surface area contributed by atoms with Crippen molar-refractivity contribution in [1.29, 1.82) is 5.26 Å². The molecule has 0 bridgehead atoms. The maximum atomic E-state index is 11.1. The second-order valence-corrected chi connectivity index (χ2v) is 5.14. The van der Waals surface area contributed by atoms with E-state index in [1.807, 2.05) is 0 Å². The van der Waals surface area contributed by atoms with E-state index in [9.17, 15) is 4.79 Å². The standard InChI is InChI=1S/C14H17ClN4O2/c1-21-12(20)3-5-18-6-8-19(9-7-18)14-13(15)11(10-16)2-4-17-14/h2,4H,3,5-9H2,1H3. The molecule has 0 aromatic carbocycles. The van der Waals surface area contributed by atoms with Crippen LogP contribution in [0.4, 0.5) is 5.82 Å². The van der Waals surface area contributed by atoms with E-state index >= 15 is 0 Å². The number of nitriles is 1. The summed E-state index contributed by atoms with van der Waals surface area (Å²) in [5.74, 6) is 0.465. The van der Waals surface area contributed by atoms with E-state index in [4.69, 9.17) is 16.9 Å². The number of pyridine rings is 1. The molecule has 2 heterocycles. The van der Waals surface area contributed by atoms with E-state index in [1.165, 1.54) is 7.11 Å². The van der Waals surface area contributed by atoms with Crippen LogP contribution >= 0.6 is 11.6 Å². The number of ether oxygens (including phenoxy) is 1. The van der Waals surface area contributed by atoms with Crippen molar-refractivity contribution in [2.24, 2.45) is 0 Å². The Balaban J connectivity index is 1.93. The van der Waals surface area contributed by atoms with Crippen molar-refractivity contribution < 1.29 is 9.53 Å². The molecule has 0 atom stereocenters. The average molecular weight is 309 g/mol. The van der Waals surface area contributed by atoms with Gasteiger partial charge in [-0.1, -0.05) is 11.6 Å². The first-order valence-corrected chi connectivity index (χ1v) is 7.12. The zero-order valence-electron chi connectivity index (χ0n) is 11.9. The Bertz CT molecular complexity index is 550. The Hall–Kier alpha value is -1.84. The molecule has 1 aromatic heterocycles. The van der Waals surface area contributed by atoms with Gasteiger partial charge in [-0.25, -0.2) is 4.98 Å². The van der Waals surface area contributed by atoms with Gasteiger partial charge in [-0.2, -0.15) is 5.26 Å². The van der Waals surface area contributed by atoms with E-state index in [0.717, 1.165) is 26.2 Å². The predicted molar refractivity (Wildman–Crippen MR) is 79.2 cm³/mol. The lowest BCUT2D eigenvalue weighted by atomic mass is 10.2. The van der Waals surface area contributed by atoms with Gasteiger partial charge in [-0.05, 0) is 6.07 Å². The van der Waals surface area contributed by atoms with Crippen LogP contribution < -0.4 is 4.90 Å². The highest BCUT2D eigenvalue weighted by atomic mass is 35.5. The van der Waals surface area contributed by atoms with Crippen molar-refractivity contribution >= 4 is 23.4 Å². The van der Waals surface area contributed by atoms with Gasteiger partial charge >= 0.3 is 5.97 Å². The van der Waals surface area contributed by atoms with Crippen molar-refractivity contribution in [2.75, 3.05) is 44.7 Å². The molecule has 0 amide bonds. The molecule has 0 unspecified atom stereocenters. The van der Waals surface area contributed by atoms with Crippen LogP contribution in [0.25, 0.3) is 0 Å². The molecule has 1 aliphatic rings. The molecule has 0 aliphatic carbocycles. The number of carbonyl (C=O) groups is 1. The number of rotatable bonds is 4. The minimum Gasteiger partial charge on any atom is -0.469 e. The quantitative estimate of drug-likeness (QED) is 0.781. The van der Waals surface area contributed by atoms with Gasteiger partial charge in [0.25, 0.3) is 0 Å². The van der Waals surface area contributed by atoms with E-state index in [2.05, 4.69) is 25.6 Å². The molecular weight excluding hydrogens is 292 g/mol. The summed E-state index contributed by atoms with van der Waals surface area (Å²) in [6, 6.07) is 3.67. The monoisotopic (exact) mass is 308 g/mol. The lowest BCUT2D eigenvalue weighted by molar-refractivity contribution is -0.141. The Labute approximate surface area is 128 Å². The van der Waals surface area contributed by atoms with Crippen molar-refractivity contribution in [3.63, 3.8) is 0 Å². The molecule has 6 nitrogen and oxygen atoms in total. The number of anilines is 1. The molecule has 1 aliphatic heterocycles. The van der Waals surface area contributed by atoms with Crippen LogP contribution in [0, 0.1) is 11.3 Å².